The van der Waals surface area contributed by atoms with Crippen LogP contribution in [0.2, 0.25) is 5.02 Å². The second-order valence-electron chi connectivity index (χ2n) is 4.85. The van der Waals surface area contributed by atoms with Gasteiger partial charge in [0.05, 0.1) is 6.04 Å². The second-order valence-corrected chi connectivity index (χ2v) is 5.26. The molecule has 0 aliphatic rings. The van der Waals surface area contributed by atoms with Crippen LogP contribution in [0, 0.1) is 0 Å². The minimum Gasteiger partial charge on any atom is -0.385 e. The summed E-state index contributed by atoms with van der Waals surface area (Å²) in [6.07, 6.45) is 0.420. The van der Waals surface area contributed by atoms with Crippen molar-refractivity contribution < 1.29 is 4.79 Å². The summed E-state index contributed by atoms with van der Waals surface area (Å²) in [5.74, 6) is 0.00542. The Hall–Kier alpha value is -2.00. The van der Waals surface area contributed by atoms with Crippen LogP contribution in [0.1, 0.15) is 24.9 Å². The van der Waals surface area contributed by atoms with E-state index in [9.17, 15) is 4.79 Å². The lowest BCUT2D eigenvalue weighted by Gasteiger charge is -2.16. The molecule has 3 nitrogen and oxygen atoms in total. The molecule has 110 valence electrons. The Morgan fingerprint density at radius 1 is 1.10 bits per heavy atom. The Bertz CT molecular complexity index is 586. The number of carbonyl (C=O) groups excluding carboxylic acids is 1. The van der Waals surface area contributed by atoms with Crippen LogP contribution in [0.25, 0.3) is 0 Å². The largest absolute Gasteiger partial charge is 0.385 e. The van der Waals surface area contributed by atoms with Crippen LogP contribution >= 0.6 is 11.6 Å². The molecule has 0 saturated carbocycles. The zero-order valence-corrected chi connectivity index (χ0v) is 12.7. The third-order valence-corrected chi connectivity index (χ3v) is 3.55. The van der Waals surface area contributed by atoms with Crippen LogP contribution in [-0.2, 0) is 4.79 Å². The normalized spacial score (nSPS) is 11.7. The number of hydrogen-bond donors (Lipinski definition) is 2. The fourth-order valence-corrected chi connectivity index (χ4v) is 2.39. The minimum atomic E-state index is -0.0945. The molecule has 2 aromatic rings. The Labute approximate surface area is 130 Å². The lowest BCUT2D eigenvalue weighted by molar-refractivity contribution is -0.121. The maximum atomic E-state index is 11.9. The van der Waals surface area contributed by atoms with E-state index in [1.54, 1.807) is 0 Å². The molecular formula is C17H19ClN2O. The minimum absolute atomic E-state index is 0.00542. The predicted octanol–water partition coefficient (Wildman–Crippen LogP) is 4.02. The SMILES string of the molecule is C[C@@H](NC(=O)CCNc1ccccc1)c1ccccc1Cl. The highest BCUT2D eigenvalue weighted by Gasteiger charge is 2.11. The number of benzene rings is 2. The van der Waals surface area contributed by atoms with E-state index in [0.717, 1.165) is 11.3 Å². The van der Waals surface area contributed by atoms with E-state index in [1.807, 2.05) is 61.5 Å². The van der Waals surface area contributed by atoms with Gasteiger partial charge in [0.15, 0.2) is 0 Å². The molecule has 0 aliphatic heterocycles. The summed E-state index contributed by atoms with van der Waals surface area (Å²) in [6, 6.07) is 17.3. The fraction of sp³-hybridized carbons (Fsp3) is 0.235. The summed E-state index contributed by atoms with van der Waals surface area (Å²) in [5, 5.41) is 6.85. The zero-order chi connectivity index (χ0) is 15.1. The summed E-state index contributed by atoms with van der Waals surface area (Å²) in [4.78, 5) is 11.9. The molecule has 0 spiro atoms. The van der Waals surface area contributed by atoms with E-state index in [2.05, 4.69) is 10.6 Å². The van der Waals surface area contributed by atoms with Crippen molar-refractivity contribution in [2.75, 3.05) is 11.9 Å². The first-order valence-corrected chi connectivity index (χ1v) is 7.37. The molecule has 0 radical (unpaired) electrons. The van der Waals surface area contributed by atoms with Gasteiger partial charge in [-0.05, 0) is 30.7 Å². The average molecular weight is 303 g/mol. The highest BCUT2D eigenvalue weighted by molar-refractivity contribution is 6.31. The van der Waals surface area contributed by atoms with Crippen molar-refractivity contribution in [1.82, 2.24) is 5.32 Å². The topological polar surface area (TPSA) is 41.1 Å². The predicted molar refractivity (Wildman–Crippen MR) is 87.6 cm³/mol. The number of halogens is 1. The highest BCUT2D eigenvalue weighted by atomic mass is 35.5. The van der Waals surface area contributed by atoms with Gasteiger partial charge in [0.25, 0.3) is 0 Å². The van der Waals surface area contributed by atoms with E-state index in [-0.39, 0.29) is 11.9 Å². The van der Waals surface area contributed by atoms with Crippen molar-refractivity contribution in [2.45, 2.75) is 19.4 Å². The number of nitrogens with one attached hydrogen (secondary N) is 2. The van der Waals surface area contributed by atoms with E-state index in [4.69, 9.17) is 11.6 Å². The van der Waals surface area contributed by atoms with Crippen LogP contribution in [0.4, 0.5) is 5.69 Å². The molecule has 1 amide bonds. The number of para-hydroxylation sites is 1. The van der Waals surface area contributed by atoms with Gasteiger partial charge in [-0.25, -0.2) is 0 Å². The van der Waals surface area contributed by atoms with Gasteiger partial charge in [-0.2, -0.15) is 0 Å². The van der Waals surface area contributed by atoms with Crippen LogP contribution < -0.4 is 10.6 Å². The molecule has 2 rings (SSSR count). The number of hydrogen-bond acceptors (Lipinski definition) is 2. The Morgan fingerprint density at radius 2 is 1.76 bits per heavy atom. The van der Waals surface area contributed by atoms with Crippen LogP contribution in [0.5, 0.6) is 0 Å². The van der Waals surface area contributed by atoms with Gasteiger partial charge in [-0.3, -0.25) is 4.79 Å². The first kappa shape index (κ1) is 15.4. The average Bonchev–Trinajstić information content (AvgIpc) is 2.48. The lowest BCUT2D eigenvalue weighted by atomic mass is 10.1. The number of rotatable bonds is 6. The third-order valence-electron chi connectivity index (χ3n) is 3.20. The fourth-order valence-electron chi connectivity index (χ4n) is 2.09. The molecule has 0 heterocycles. The first-order chi connectivity index (χ1) is 10.2. The molecule has 0 saturated heterocycles. The van der Waals surface area contributed by atoms with Gasteiger partial charge < -0.3 is 10.6 Å². The molecule has 21 heavy (non-hydrogen) atoms. The zero-order valence-electron chi connectivity index (χ0n) is 12.0. The van der Waals surface area contributed by atoms with Gasteiger partial charge in [-0.1, -0.05) is 48.0 Å². The van der Waals surface area contributed by atoms with E-state index in [0.29, 0.717) is 18.0 Å². The van der Waals surface area contributed by atoms with E-state index >= 15 is 0 Å². The van der Waals surface area contributed by atoms with Crippen molar-refractivity contribution in [3.63, 3.8) is 0 Å². The molecule has 0 bridgehead atoms. The van der Waals surface area contributed by atoms with E-state index < -0.39 is 0 Å². The number of carbonyl (C=O) groups is 1. The van der Waals surface area contributed by atoms with Gasteiger partial charge in [0, 0.05) is 23.7 Å². The van der Waals surface area contributed by atoms with Crippen molar-refractivity contribution in [2.24, 2.45) is 0 Å². The standard InChI is InChI=1S/C17H19ClN2O/c1-13(15-9-5-6-10-16(15)18)20-17(21)11-12-19-14-7-3-2-4-8-14/h2-10,13,19H,11-12H2,1H3,(H,20,21)/t13-/m1/s1. The smallest absolute Gasteiger partial charge is 0.222 e. The molecule has 2 aromatic carbocycles. The van der Waals surface area contributed by atoms with Crippen LogP contribution in [0.3, 0.4) is 0 Å². The highest BCUT2D eigenvalue weighted by Crippen LogP contribution is 2.22. The lowest BCUT2D eigenvalue weighted by Crippen LogP contribution is -2.28. The van der Waals surface area contributed by atoms with Gasteiger partial charge in [0.1, 0.15) is 0 Å². The van der Waals surface area contributed by atoms with Crippen LogP contribution in [-0.4, -0.2) is 12.5 Å². The molecule has 4 heteroatoms. The molecule has 1 atom stereocenters. The van der Waals surface area contributed by atoms with E-state index in [1.165, 1.54) is 0 Å². The van der Waals surface area contributed by atoms with Crippen molar-refractivity contribution >= 4 is 23.2 Å². The summed E-state index contributed by atoms with van der Waals surface area (Å²) in [5.41, 5.74) is 1.95. The Kier molecular flexibility index (Phi) is 5.64. The molecule has 2 N–H and O–H groups in total. The second kappa shape index (κ2) is 7.70. The summed E-state index contributed by atoms with van der Waals surface area (Å²) >= 11 is 6.12. The number of anilines is 1. The van der Waals surface area contributed by atoms with Crippen LogP contribution in [0.15, 0.2) is 54.6 Å². The van der Waals surface area contributed by atoms with Gasteiger partial charge >= 0.3 is 0 Å². The van der Waals surface area contributed by atoms with Crippen molar-refractivity contribution in [1.29, 1.82) is 0 Å². The third kappa shape index (κ3) is 4.80. The summed E-state index contributed by atoms with van der Waals surface area (Å²) in [6.45, 7) is 2.54. The summed E-state index contributed by atoms with van der Waals surface area (Å²) < 4.78 is 0. The maximum absolute atomic E-state index is 11.9. The quantitative estimate of drug-likeness (QED) is 0.846. The molecule has 0 aliphatic carbocycles. The summed E-state index contributed by atoms with van der Waals surface area (Å²) in [7, 11) is 0. The Morgan fingerprint density at radius 3 is 2.48 bits per heavy atom. The van der Waals surface area contributed by atoms with Crippen molar-refractivity contribution in [3.8, 4) is 0 Å². The molecular weight excluding hydrogens is 284 g/mol. The Balaban J connectivity index is 1.78. The number of amides is 1. The maximum Gasteiger partial charge on any atom is 0.222 e. The van der Waals surface area contributed by atoms with Gasteiger partial charge in [0.2, 0.25) is 5.91 Å². The molecule has 0 unspecified atom stereocenters. The monoisotopic (exact) mass is 302 g/mol. The molecule has 0 fully saturated rings. The van der Waals surface area contributed by atoms with Gasteiger partial charge in [-0.15, -0.1) is 0 Å². The molecule has 0 aromatic heterocycles. The van der Waals surface area contributed by atoms with Crippen molar-refractivity contribution in [3.05, 3.63) is 65.2 Å². The first-order valence-electron chi connectivity index (χ1n) is 6.99.